The Labute approximate surface area is 190 Å². The molecule has 0 aromatic heterocycles. The molecule has 162 valence electrons. The van der Waals surface area contributed by atoms with Crippen molar-refractivity contribution in [2.45, 2.75) is 25.8 Å². The number of benzene rings is 4. The average molecular weight is 441 g/mol. The Balaban J connectivity index is 2.03. The lowest BCUT2D eigenvalue weighted by Gasteiger charge is -2.43. The van der Waals surface area contributed by atoms with Gasteiger partial charge in [0.1, 0.15) is 5.75 Å². The average Bonchev–Trinajstić information content (AvgIpc) is 2.82. The van der Waals surface area contributed by atoms with Crippen LogP contribution in [0.15, 0.2) is 97.1 Å². The highest BCUT2D eigenvalue weighted by atomic mass is 28.4. The van der Waals surface area contributed by atoms with Gasteiger partial charge in [0.2, 0.25) is 0 Å². The third kappa shape index (κ3) is 3.82. The summed E-state index contributed by atoms with van der Waals surface area (Å²) in [5, 5.41) is 4.12. The SMILES string of the molecule is COC(=O)c1cc(O[Si](c2ccccc2)(c2ccccc2)C(C)(C)C)c2ccccc2c1. The molecule has 0 aliphatic carbocycles. The molecule has 0 saturated heterocycles. The Morgan fingerprint density at radius 2 is 1.28 bits per heavy atom. The van der Waals surface area contributed by atoms with Crippen molar-refractivity contribution in [3.8, 4) is 5.75 Å². The van der Waals surface area contributed by atoms with Crippen LogP contribution in [0.25, 0.3) is 10.8 Å². The number of ether oxygens (including phenoxy) is 1. The highest BCUT2D eigenvalue weighted by Gasteiger charge is 2.52. The van der Waals surface area contributed by atoms with Crippen molar-refractivity contribution in [1.29, 1.82) is 0 Å². The second-order valence-electron chi connectivity index (χ2n) is 8.95. The zero-order valence-electron chi connectivity index (χ0n) is 19.0. The summed E-state index contributed by atoms with van der Waals surface area (Å²) in [6.07, 6.45) is 0. The summed E-state index contributed by atoms with van der Waals surface area (Å²) >= 11 is 0. The summed E-state index contributed by atoms with van der Waals surface area (Å²) < 4.78 is 12.2. The van der Waals surface area contributed by atoms with E-state index in [1.165, 1.54) is 17.5 Å². The lowest BCUT2D eigenvalue weighted by Crippen LogP contribution is -2.68. The first-order valence-corrected chi connectivity index (χ1v) is 12.7. The number of fused-ring (bicyclic) bond motifs is 1. The van der Waals surface area contributed by atoms with E-state index in [9.17, 15) is 4.79 Å². The summed E-state index contributed by atoms with van der Waals surface area (Å²) in [6.45, 7) is 6.72. The standard InChI is InChI=1S/C28H28O3Si/c1-28(2,3)32(23-14-7-5-8-15-23,24-16-9-6-10-17-24)31-26-20-22(27(29)30-4)19-21-13-11-12-18-25(21)26/h5-20H,1-4H3. The van der Waals surface area contributed by atoms with Gasteiger partial charge in [-0.15, -0.1) is 0 Å². The second kappa shape index (κ2) is 8.64. The minimum Gasteiger partial charge on any atom is -0.534 e. The van der Waals surface area contributed by atoms with E-state index in [0.717, 1.165) is 10.8 Å². The topological polar surface area (TPSA) is 35.5 Å². The zero-order chi connectivity index (χ0) is 22.8. The van der Waals surface area contributed by atoms with E-state index in [1.54, 1.807) is 0 Å². The van der Waals surface area contributed by atoms with Gasteiger partial charge in [0.05, 0.1) is 12.7 Å². The van der Waals surface area contributed by atoms with Gasteiger partial charge >= 0.3 is 14.3 Å². The van der Waals surface area contributed by atoms with Crippen molar-refractivity contribution in [1.82, 2.24) is 0 Å². The highest BCUT2D eigenvalue weighted by Crippen LogP contribution is 2.39. The Morgan fingerprint density at radius 1 is 0.750 bits per heavy atom. The number of carbonyl (C=O) groups is 1. The normalized spacial score (nSPS) is 11.9. The molecule has 0 heterocycles. The molecule has 0 aliphatic heterocycles. The molecule has 0 aliphatic rings. The van der Waals surface area contributed by atoms with Crippen molar-refractivity contribution >= 4 is 35.4 Å². The van der Waals surface area contributed by atoms with E-state index in [4.69, 9.17) is 9.16 Å². The van der Waals surface area contributed by atoms with Crippen LogP contribution in [0.4, 0.5) is 0 Å². The van der Waals surface area contributed by atoms with E-state index in [-0.39, 0.29) is 11.0 Å². The lowest BCUT2D eigenvalue weighted by atomic mass is 10.1. The van der Waals surface area contributed by atoms with Gasteiger partial charge in [-0.1, -0.05) is 106 Å². The third-order valence-electron chi connectivity index (χ3n) is 5.92. The maximum Gasteiger partial charge on any atom is 0.338 e. The Bertz CT molecular complexity index is 1190. The van der Waals surface area contributed by atoms with Crippen LogP contribution in [0.1, 0.15) is 31.1 Å². The van der Waals surface area contributed by atoms with Crippen molar-refractivity contribution in [3.63, 3.8) is 0 Å². The molecule has 0 N–H and O–H groups in total. The Morgan fingerprint density at radius 3 is 1.81 bits per heavy atom. The smallest absolute Gasteiger partial charge is 0.338 e. The van der Waals surface area contributed by atoms with Crippen molar-refractivity contribution in [3.05, 3.63) is 103 Å². The van der Waals surface area contributed by atoms with Crippen LogP contribution in [-0.2, 0) is 4.74 Å². The molecule has 0 fully saturated rings. The maximum absolute atomic E-state index is 12.4. The molecule has 3 nitrogen and oxygen atoms in total. The van der Waals surface area contributed by atoms with Crippen LogP contribution in [-0.4, -0.2) is 21.4 Å². The van der Waals surface area contributed by atoms with E-state index < -0.39 is 8.32 Å². The van der Waals surface area contributed by atoms with E-state index in [1.807, 2.05) is 48.5 Å². The first kappa shape index (κ1) is 21.8. The van der Waals surface area contributed by atoms with Gasteiger partial charge in [-0.25, -0.2) is 4.79 Å². The monoisotopic (exact) mass is 440 g/mol. The molecule has 0 radical (unpaired) electrons. The number of rotatable bonds is 5. The van der Waals surface area contributed by atoms with Gasteiger partial charge in [-0.3, -0.25) is 0 Å². The van der Waals surface area contributed by atoms with Gasteiger partial charge in [-0.05, 0) is 32.9 Å². The molecule has 4 aromatic rings. The molecule has 0 atom stereocenters. The second-order valence-corrected chi connectivity index (χ2v) is 13.2. The van der Waals surface area contributed by atoms with Gasteiger partial charge in [0, 0.05) is 5.39 Å². The van der Waals surface area contributed by atoms with Crippen LogP contribution in [0, 0.1) is 0 Å². The molecule has 32 heavy (non-hydrogen) atoms. The molecule has 4 rings (SSSR count). The number of esters is 1. The van der Waals surface area contributed by atoms with Gasteiger partial charge < -0.3 is 9.16 Å². The molecule has 0 bridgehead atoms. The molecule has 4 aromatic carbocycles. The van der Waals surface area contributed by atoms with E-state index in [0.29, 0.717) is 11.3 Å². The predicted molar refractivity (Wildman–Crippen MR) is 134 cm³/mol. The number of hydrogen-bond donors (Lipinski definition) is 0. The molecular formula is C28H28O3Si. The molecule has 0 amide bonds. The van der Waals surface area contributed by atoms with Crippen molar-refractivity contribution in [2.75, 3.05) is 7.11 Å². The predicted octanol–water partition coefficient (Wildman–Crippen LogP) is 5.57. The molecule has 0 spiro atoms. The third-order valence-corrected chi connectivity index (χ3v) is 10.9. The number of hydrogen-bond acceptors (Lipinski definition) is 3. The Hall–Kier alpha value is -3.37. The molecule has 4 heteroatoms. The van der Waals surface area contributed by atoms with Crippen LogP contribution in [0.3, 0.4) is 0 Å². The van der Waals surface area contributed by atoms with Gasteiger partial charge in [0.25, 0.3) is 0 Å². The van der Waals surface area contributed by atoms with Crippen molar-refractivity contribution < 1.29 is 14.0 Å². The first-order valence-electron chi connectivity index (χ1n) is 10.8. The van der Waals surface area contributed by atoms with Crippen LogP contribution < -0.4 is 14.8 Å². The molecular weight excluding hydrogens is 412 g/mol. The minimum atomic E-state index is -2.83. The first-order chi connectivity index (χ1) is 15.4. The number of methoxy groups -OCH3 is 1. The lowest BCUT2D eigenvalue weighted by molar-refractivity contribution is 0.0600. The van der Waals surface area contributed by atoms with Crippen LogP contribution >= 0.6 is 0 Å². The zero-order valence-corrected chi connectivity index (χ0v) is 20.0. The van der Waals surface area contributed by atoms with Crippen molar-refractivity contribution in [2.24, 2.45) is 0 Å². The summed E-state index contributed by atoms with van der Waals surface area (Å²) in [4.78, 5) is 12.4. The van der Waals surface area contributed by atoms with E-state index in [2.05, 4.69) is 69.3 Å². The summed E-state index contributed by atoms with van der Waals surface area (Å²) in [5.41, 5.74) is 0.485. The summed E-state index contributed by atoms with van der Waals surface area (Å²) in [6, 6.07) is 32.7. The van der Waals surface area contributed by atoms with Crippen LogP contribution in [0.5, 0.6) is 5.75 Å². The fraction of sp³-hybridized carbons (Fsp3) is 0.179. The molecule has 0 saturated carbocycles. The quantitative estimate of drug-likeness (QED) is 0.301. The fourth-order valence-corrected chi connectivity index (χ4v) is 8.84. The largest absolute Gasteiger partial charge is 0.534 e. The maximum atomic E-state index is 12.4. The summed E-state index contributed by atoms with van der Waals surface area (Å²) in [7, 11) is -1.42. The Kier molecular flexibility index (Phi) is 5.89. The van der Waals surface area contributed by atoms with Gasteiger partial charge in [-0.2, -0.15) is 0 Å². The number of carbonyl (C=O) groups excluding carboxylic acids is 1. The fourth-order valence-electron chi connectivity index (χ4n) is 4.41. The highest BCUT2D eigenvalue weighted by molar-refractivity contribution is 7.00. The molecule has 0 unspecified atom stereocenters. The van der Waals surface area contributed by atoms with E-state index >= 15 is 0 Å². The van der Waals surface area contributed by atoms with Gasteiger partial charge in [0.15, 0.2) is 0 Å². The summed E-state index contributed by atoms with van der Waals surface area (Å²) in [5.74, 6) is 0.334. The van der Waals surface area contributed by atoms with Crippen LogP contribution in [0.2, 0.25) is 5.04 Å². The minimum absolute atomic E-state index is 0.182.